The van der Waals surface area contributed by atoms with Crippen LogP contribution in [0, 0.1) is 5.92 Å². The van der Waals surface area contributed by atoms with Crippen LogP contribution in [0.5, 0.6) is 0 Å². The molecule has 2 aromatic rings. The normalized spacial score (nSPS) is 16.6. The predicted molar refractivity (Wildman–Crippen MR) is 81.1 cm³/mol. The van der Waals surface area contributed by atoms with Gasteiger partial charge in [0.25, 0.3) is 6.01 Å². The van der Waals surface area contributed by atoms with Gasteiger partial charge >= 0.3 is 0 Å². The molecule has 1 aliphatic heterocycles. The van der Waals surface area contributed by atoms with Crippen LogP contribution in [0.1, 0.15) is 24.1 Å². The Hall–Kier alpha value is -1.48. The molecule has 0 saturated carbocycles. The van der Waals surface area contributed by atoms with E-state index in [4.69, 9.17) is 16.0 Å². The fraction of sp³-hybridized carbons (Fsp3) is 0.438. The van der Waals surface area contributed by atoms with Gasteiger partial charge < -0.3 is 9.32 Å². The minimum absolute atomic E-state index is 0.411. The zero-order valence-corrected chi connectivity index (χ0v) is 12.2. The number of hydrogen-bond donors (Lipinski definition) is 0. The smallest absolute Gasteiger partial charge is 0.297 e. The van der Waals surface area contributed by atoms with E-state index in [0.29, 0.717) is 5.88 Å². The molecule has 0 radical (unpaired) electrons. The fourth-order valence-corrected chi connectivity index (χ4v) is 2.90. The summed E-state index contributed by atoms with van der Waals surface area (Å²) in [5, 5.41) is 0. The number of benzene rings is 1. The maximum absolute atomic E-state index is 5.75. The third-order valence-corrected chi connectivity index (χ3v) is 4.20. The molecule has 0 atom stereocenters. The van der Waals surface area contributed by atoms with Gasteiger partial charge in [0, 0.05) is 13.1 Å². The summed E-state index contributed by atoms with van der Waals surface area (Å²) in [4.78, 5) is 6.61. The van der Waals surface area contributed by atoms with Crippen molar-refractivity contribution in [3.8, 4) is 0 Å². The van der Waals surface area contributed by atoms with Crippen LogP contribution >= 0.6 is 11.6 Å². The van der Waals surface area contributed by atoms with Crippen molar-refractivity contribution in [2.45, 2.75) is 25.1 Å². The van der Waals surface area contributed by atoms with Crippen LogP contribution in [-0.4, -0.2) is 18.1 Å². The molecule has 1 saturated heterocycles. The van der Waals surface area contributed by atoms with Gasteiger partial charge in [-0.3, -0.25) is 0 Å². The van der Waals surface area contributed by atoms with E-state index in [2.05, 4.69) is 40.2 Å². The van der Waals surface area contributed by atoms with Crippen molar-refractivity contribution in [1.29, 1.82) is 0 Å². The number of piperidine rings is 1. The molecule has 0 aliphatic carbocycles. The van der Waals surface area contributed by atoms with Crippen molar-refractivity contribution in [2.75, 3.05) is 18.0 Å². The molecule has 1 aromatic carbocycles. The third-order valence-electron chi connectivity index (χ3n) is 3.93. The van der Waals surface area contributed by atoms with Crippen molar-refractivity contribution >= 4 is 17.6 Å². The van der Waals surface area contributed by atoms with E-state index in [1.54, 1.807) is 6.26 Å². The van der Waals surface area contributed by atoms with Crippen LogP contribution in [0.3, 0.4) is 0 Å². The zero-order chi connectivity index (χ0) is 13.8. The van der Waals surface area contributed by atoms with Gasteiger partial charge in [0.1, 0.15) is 6.26 Å². The Morgan fingerprint density at radius 1 is 1.20 bits per heavy atom. The van der Waals surface area contributed by atoms with Gasteiger partial charge in [-0.2, -0.15) is 4.98 Å². The summed E-state index contributed by atoms with van der Waals surface area (Å²) in [5.41, 5.74) is 2.25. The maximum atomic E-state index is 5.75. The highest BCUT2D eigenvalue weighted by Gasteiger charge is 2.22. The summed E-state index contributed by atoms with van der Waals surface area (Å²) in [6, 6.07) is 11.5. The molecular formula is C16H19ClN2O. The molecule has 0 amide bonds. The quantitative estimate of drug-likeness (QED) is 0.801. The van der Waals surface area contributed by atoms with Gasteiger partial charge in [0.15, 0.2) is 0 Å². The maximum Gasteiger partial charge on any atom is 0.297 e. The summed E-state index contributed by atoms with van der Waals surface area (Å²) in [7, 11) is 0. The second-order valence-corrected chi connectivity index (χ2v) is 5.64. The van der Waals surface area contributed by atoms with Crippen molar-refractivity contribution in [3.05, 3.63) is 47.9 Å². The Balaban J connectivity index is 1.54. The summed E-state index contributed by atoms with van der Waals surface area (Å²) in [6.45, 7) is 2.03. The first kappa shape index (κ1) is 13.5. The highest BCUT2D eigenvalue weighted by atomic mass is 35.5. The van der Waals surface area contributed by atoms with Gasteiger partial charge in [-0.05, 0) is 30.7 Å². The first-order valence-corrected chi connectivity index (χ1v) is 7.68. The lowest BCUT2D eigenvalue weighted by Gasteiger charge is -2.30. The van der Waals surface area contributed by atoms with Crippen LogP contribution in [0.25, 0.3) is 0 Å². The van der Waals surface area contributed by atoms with Crippen molar-refractivity contribution in [2.24, 2.45) is 5.92 Å². The van der Waals surface area contributed by atoms with Crippen molar-refractivity contribution in [1.82, 2.24) is 4.98 Å². The van der Waals surface area contributed by atoms with E-state index in [9.17, 15) is 0 Å². The molecule has 1 aliphatic rings. The lowest BCUT2D eigenvalue weighted by atomic mass is 9.90. The lowest BCUT2D eigenvalue weighted by Crippen LogP contribution is -2.34. The predicted octanol–water partition coefficient (Wildman–Crippen LogP) is 3.87. The van der Waals surface area contributed by atoms with E-state index < -0.39 is 0 Å². The highest BCUT2D eigenvalue weighted by molar-refractivity contribution is 6.16. The standard InChI is InChI=1S/C16H19ClN2O/c17-11-15-12-20-16(18-15)19-8-6-14(7-9-19)10-13-4-2-1-3-5-13/h1-5,12,14H,6-11H2. The molecule has 0 unspecified atom stereocenters. The van der Waals surface area contributed by atoms with Crippen LogP contribution in [-0.2, 0) is 12.3 Å². The number of nitrogens with zero attached hydrogens (tertiary/aromatic N) is 2. The van der Waals surface area contributed by atoms with Crippen LogP contribution in [0.4, 0.5) is 6.01 Å². The summed E-state index contributed by atoms with van der Waals surface area (Å²) >= 11 is 5.75. The van der Waals surface area contributed by atoms with E-state index in [1.165, 1.54) is 24.8 Å². The van der Waals surface area contributed by atoms with Gasteiger partial charge in [0.2, 0.25) is 0 Å². The Bertz CT molecular complexity index is 532. The van der Waals surface area contributed by atoms with E-state index in [1.807, 2.05) is 0 Å². The zero-order valence-electron chi connectivity index (χ0n) is 11.5. The van der Waals surface area contributed by atoms with Crippen molar-refractivity contribution in [3.63, 3.8) is 0 Å². The molecule has 3 nitrogen and oxygen atoms in total. The number of alkyl halides is 1. The lowest BCUT2D eigenvalue weighted by molar-refractivity contribution is 0.385. The first-order chi connectivity index (χ1) is 9.85. The van der Waals surface area contributed by atoms with Crippen LogP contribution in [0.2, 0.25) is 0 Å². The summed E-state index contributed by atoms with van der Waals surface area (Å²) < 4.78 is 5.48. The highest BCUT2D eigenvalue weighted by Crippen LogP contribution is 2.25. The number of rotatable bonds is 4. The van der Waals surface area contributed by atoms with Gasteiger partial charge in [-0.15, -0.1) is 11.6 Å². The fourth-order valence-electron chi connectivity index (χ4n) is 2.78. The summed E-state index contributed by atoms with van der Waals surface area (Å²) in [6.07, 6.45) is 5.20. The van der Waals surface area contributed by atoms with Crippen molar-refractivity contribution < 1.29 is 4.42 Å². The first-order valence-electron chi connectivity index (χ1n) is 7.14. The van der Waals surface area contributed by atoms with Gasteiger partial charge in [-0.1, -0.05) is 30.3 Å². The average Bonchev–Trinajstić information content (AvgIpc) is 2.98. The van der Waals surface area contributed by atoms with Crippen LogP contribution in [0.15, 0.2) is 41.0 Å². The molecule has 0 spiro atoms. The number of oxazole rings is 1. The largest absolute Gasteiger partial charge is 0.432 e. The topological polar surface area (TPSA) is 29.3 Å². The minimum atomic E-state index is 0.411. The molecule has 3 rings (SSSR count). The average molecular weight is 291 g/mol. The number of hydrogen-bond acceptors (Lipinski definition) is 3. The Morgan fingerprint density at radius 2 is 1.95 bits per heavy atom. The molecule has 2 heterocycles. The van der Waals surface area contributed by atoms with E-state index >= 15 is 0 Å². The molecule has 0 bridgehead atoms. The summed E-state index contributed by atoms with van der Waals surface area (Å²) in [5.74, 6) is 1.17. The van der Waals surface area contributed by atoms with Crippen LogP contribution < -0.4 is 4.90 Å². The Morgan fingerprint density at radius 3 is 2.60 bits per heavy atom. The molecule has 0 N–H and O–H groups in total. The molecular weight excluding hydrogens is 272 g/mol. The molecule has 1 aromatic heterocycles. The molecule has 106 valence electrons. The van der Waals surface area contributed by atoms with E-state index in [-0.39, 0.29) is 0 Å². The molecule has 1 fully saturated rings. The minimum Gasteiger partial charge on any atom is -0.432 e. The second kappa shape index (κ2) is 6.31. The number of anilines is 1. The number of aromatic nitrogens is 1. The number of halogens is 1. The Kier molecular flexibility index (Phi) is 4.26. The monoisotopic (exact) mass is 290 g/mol. The van der Waals surface area contributed by atoms with Gasteiger partial charge in [-0.25, -0.2) is 0 Å². The molecule has 4 heteroatoms. The third kappa shape index (κ3) is 3.15. The second-order valence-electron chi connectivity index (χ2n) is 5.38. The Labute approximate surface area is 124 Å². The van der Waals surface area contributed by atoms with Gasteiger partial charge in [0.05, 0.1) is 11.6 Å². The SMILES string of the molecule is ClCc1coc(N2CCC(Cc3ccccc3)CC2)n1. The molecule has 20 heavy (non-hydrogen) atoms. The van der Waals surface area contributed by atoms with E-state index in [0.717, 1.165) is 30.7 Å².